The summed E-state index contributed by atoms with van der Waals surface area (Å²) in [5.74, 6) is 2.52. The molecule has 10 aliphatic rings. The molecule has 2 saturated carbocycles. The first-order valence-electron chi connectivity index (χ1n) is 44.2. The maximum Gasteiger partial charge on any atom is 0.407 e. The van der Waals surface area contributed by atoms with Crippen molar-refractivity contribution in [3.63, 3.8) is 0 Å². The number of nitrogens with zero attached hydrogens (tertiary/aromatic N) is 8. The highest BCUT2D eigenvalue weighted by Crippen LogP contribution is 2.53. The molecule has 0 radical (unpaired) electrons. The molecule has 124 heavy (non-hydrogen) atoms. The van der Waals surface area contributed by atoms with Crippen molar-refractivity contribution in [1.29, 1.82) is 0 Å². The Morgan fingerprint density at radius 1 is 0.427 bits per heavy atom. The molecule has 4 unspecified atom stereocenters. The van der Waals surface area contributed by atoms with Crippen molar-refractivity contribution in [2.75, 3.05) is 75.0 Å². The number of alkyl carbamates (subject to hydrolysis) is 4. The van der Waals surface area contributed by atoms with Crippen molar-refractivity contribution < 1.29 is 71.9 Å². The summed E-state index contributed by atoms with van der Waals surface area (Å²) in [6.45, 7) is 11.7. The second-order valence-corrected chi connectivity index (χ2v) is 35.6. The van der Waals surface area contributed by atoms with Crippen LogP contribution in [0.15, 0.2) is 97.6 Å². The van der Waals surface area contributed by atoms with Gasteiger partial charge in [-0.1, -0.05) is 76.2 Å². The molecule has 10 heterocycles. The van der Waals surface area contributed by atoms with Crippen molar-refractivity contribution in [2.45, 2.75) is 204 Å². The summed E-state index contributed by atoms with van der Waals surface area (Å²) >= 11 is 0. The van der Waals surface area contributed by atoms with Crippen molar-refractivity contribution in [3.8, 4) is 67.3 Å². The number of fused-ring (bicyclic) bond motifs is 10. The number of likely N-dealkylation sites (tertiary alicyclic amines) is 4. The van der Waals surface area contributed by atoms with E-state index in [4.69, 9.17) is 48.7 Å². The minimum atomic E-state index is -1.03. The lowest BCUT2D eigenvalue weighted by molar-refractivity contribution is -0.142. The molecule has 8 aromatic rings. The number of imidazole rings is 4. The lowest BCUT2D eigenvalue weighted by atomic mass is 9.83. The minimum Gasteiger partial charge on any atom is -0.480 e. The normalized spacial score (nSPS) is 22.8. The number of H-pyrrole nitrogens is 4. The molecule has 7 amide bonds. The van der Waals surface area contributed by atoms with Crippen LogP contribution in [0.25, 0.3) is 67.3 Å². The highest BCUT2D eigenvalue weighted by atomic mass is 16.6. The summed E-state index contributed by atoms with van der Waals surface area (Å²) in [6, 6.07) is 23.9. The first kappa shape index (κ1) is 86.1. The van der Waals surface area contributed by atoms with Gasteiger partial charge in [0, 0.05) is 45.1 Å². The Labute approximate surface area is 721 Å². The monoisotopic (exact) mass is 1700 g/mol. The molecule has 18 rings (SSSR count). The van der Waals surface area contributed by atoms with Crippen LogP contribution in [0.3, 0.4) is 0 Å². The number of aliphatic carboxylic acids is 1. The molecule has 0 spiro atoms. The summed E-state index contributed by atoms with van der Waals surface area (Å²) in [5, 5.41) is 19.7. The van der Waals surface area contributed by atoms with Gasteiger partial charge in [-0.15, -0.1) is 0 Å². The number of rotatable bonds is 20. The van der Waals surface area contributed by atoms with Crippen LogP contribution in [0, 0.1) is 35.5 Å². The first-order valence-corrected chi connectivity index (χ1v) is 44.2. The van der Waals surface area contributed by atoms with E-state index in [2.05, 4.69) is 131 Å². The molecule has 31 heteroatoms. The van der Waals surface area contributed by atoms with Crippen LogP contribution >= 0.6 is 0 Å². The predicted octanol–water partition coefficient (Wildman–Crippen LogP) is 13.1. The lowest BCUT2D eigenvalue weighted by Crippen LogP contribution is -2.54. The molecule has 4 aromatic carbocycles. The number of carbonyl (C=O) groups is 8. The van der Waals surface area contributed by atoms with Crippen LogP contribution in [-0.4, -0.2) is 224 Å². The van der Waals surface area contributed by atoms with Gasteiger partial charge in [0.05, 0.1) is 100 Å². The fourth-order valence-electron chi connectivity index (χ4n) is 21.1. The summed E-state index contributed by atoms with van der Waals surface area (Å²) in [6.07, 6.45) is 21.5. The van der Waals surface area contributed by atoms with Gasteiger partial charge in [0.15, 0.2) is 0 Å². The third-order valence-corrected chi connectivity index (χ3v) is 27.6. The standard InChI is InChI=1S/C46H56N8O7.C38H45N7O3.C9H15NO5/c1-25(2)38(51-45(57)59-3)44(56)54-32-12-9-31(22-32)40(54)42-48-24-36(50-42)30-11-14-34-28(21-30)8-7-27-20-29(10-13-33(27)34)35-23-47-41(49-35)37-6-5-17-53(37)43(55)39(52-46(58)60-4)26-15-18-61-19-16-26;1-21(2)33(43-38(47)48-4)37(46)45-27-12-9-26(18-27)34(45)36-40-20-31(42-36)25-11-14-29-23(17-25)8-7-22-16-24(10-13-28(22)29)30-19-39-35(41-30)32-6-5-15-44(32)3;1-14-9(13)10-7(8(11)12)6-2-4-15-5-3-6/h10-11,13-14,20-21,23-26,31-32,37-40H,5-9,12,15-19,22H2,1-4H3,(H,47,49)(H,48,50)(H,51,57)(H,52,58);10-11,13-14,16-17,19-21,26-27,32-34H,5-9,12,15,18H2,1-4H3,(H,39,41)(H,40,42)(H,43,47);6-7H,2-5H2,1H3,(H,10,13)(H,11,12)/t31?,32?,37-,38-,39-,40-;26?,27?,32-,33-,34-;7-/m000/s1. The Morgan fingerprint density at radius 3 is 1.15 bits per heavy atom. The van der Waals surface area contributed by atoms with E-state index in [1.165, 1.54) is 84.9 Å². The molecule has 4 aromatic heterocycles. The van der Waals surface area contributed by atoms with Gasteiger partial charge in [-0.3, -0.25) is 19.3 Å². The van der Waals surface area contributed by atoms with Gasteiger partial charge in [0.25, 0.3) is 0 Å². The predicted molar refractivity (Wildman–Crippen MR) is 460 cm³/mol. The number of carboxylic acids is 1. The number of aryl methyl sites for hydroxylation is 4. The summed E-state index contributed by atoms with van der Waals surface area (Å²) in [7, 11) is 7.34. The average molecular weight is 1700 g/mol. The van der Waals surface area contributed by atoms with Crippen molar-refractivity contribution in [1.82, 2.24) is 80.7 Å². The highest BCUT2D eigenvalue weighted by molar-refractivity contribution is 5.90. The number of nitrogens with one attached hydrogen (secondary N) is 8. The van der Waals surface area contributed by atoms with Crippen molar-refractivity contribution in [3.05, 3.63) is 143 Å². The topological polar surface area (TPSA) is 388 Å². The van der Waals surface area contributed by atoms with Crippen molar-refractivity contribution in [2.24, 2.45) is 35.5 Å². The Balaban J connectivity index is 0.000000160. The number of piperidine rings is 2. The maximum atomic E-state index is 14.0. The zero-order valence-electron chi connectivity index (χ0n) is 72.2. The summed E-state index contributed by atoms with van der Waals surface area (Å²) in [5.41, 5.74) is 18.5. The van der Waals surface area contributed by atoms with E-state index >= 15 is 0 Å². The van der Waals surface area contributed by atoms with E-state index in [1.54, 1.807) is 0 Å². The fraction of sp³-hybridized carbons (Fsp3) is 0.527. The number of amides is 7. The molecular weight excluding hydrogens is 1580 g/mol. The van der Waals surface area contributed by atoms with E-state index in [-0.39, 0.29) is 71.6 Å². The number of ether oxygens (including phenoxy) is 6. The van der Waals surface area contributed by atoms with Crippen LogP contribution in [0.2, 0.25) is 0 Å². The van der Waals surface area contributed by atoms with Gasteiger partial charge in [0.2, 0.25) is 17.7 Å². The zero-order chi connectivity index (χ0) is 86.7. The van der Waals surface area contributed by atoms with Crippen LogP contribution in [0.1, 0.15) is 187 Å². The van der Waals surface area contributed by atoms with E-state index in [1.807, 2.05) is 67.2 Å². The van der Waals surface area contributed by atoms with Gasteiger partial charge < -0.3 is 89.4 Å². The number of hydrogen-bond donors (Lipinski definition) is 9. The number of carbonyl (C=O) groups excluding carboxylic acids is 7. The van der Waals surface area contributed by atoms with Gasteiger partial charge >= 0.3 is 30.3 Å². The summed E-state index contributed by atoms with van der Waals surface area (Å²) in [4.78, 5) is 142. The lowest BCUT2D eigenvalue weighted by Gasteiger charge is -2.37. The number of benzene rings is 4. The van der Waals surface area contributed by atoms with E-state index in [0.717, 1.165) is 153 Å². The molecule has 9 N–H and O–H groups in total. The van der Waals surface area contributed by atoms with E-state index < -0.39 is 54.5 Å². The third kappa shape index (κ3) is 17.9. The van der Waals surface area contributed by atoms with Crippen LogP contribution < -0.4 is 21.3 Å². The quantitative estimate of drug-likeness (QED) is 0.0320. The van der Waals surface area contributed by atoms with Gasteiger partial charge in [0.1, 0.15) is 47.5 Å². The molecule has 6 aliphatic heterocycles. The molecule has 4 bridgehead atoms. The third-order valence-electron chi connectivity index (χ3n) is 27.6. The second kappa shape index (κ2) is 37.6. The smallest absolute Gasteiger partial charge is 0.407 e. The Hall–Kier alpha value is -11.4. The molecule has 31 nitrogen and oxygen atoms in total. The molecular formula is C93H116N16O15. The number of aromatic nitrogens is 8. The average Bonchev–Trinajstić information content (AvgIpc) is 1.58. The van der Waals surface area contributed by atoms with Crippen LogP contribution in [-0.2, 0) is 73.3 Å². The van der Waals surface area contributed by atoms with E-state index in [9.17, 15) is 38.4 Å². The zero-order valence-corrected chi connectivity index (χ0v) is 72.2. The minimum absolute atomic E-state index is 0.0242. The fourth-order valence-corrected chi connectivity index (χ4v) is 21.1. The van der Waals surface area contributed by atoms with Crippen molar-refractivity contribution >= 4 is 48.1 Å². The molecule has 12 atom stereocenters. The Kier molecular flexibility index (Phi) is 26.1. The van der Waals surface area contributed by atoms with Gasteiger partial charge in [-0.2, -0.15) is 0 Å². The molecule has 658 valence electrons. The largest absolute Gasteiger partial charge is 0.480 e. The number of carboxylic acid groups (broad SMARTS) is 1. The number of aromatic amines is 4. The van der Waals surface area contributed by atoms with E-state index in [0.29, 0.717) is 76.5 Å². The molecule has 4 aliphatic carbocycles. The maximum absolute atomic E-state index is 14.0. The number of hydrogen-bond acceptors (Lipinski definition) is 19. The van der Waals surface area contributed by atoms with Gasteiger partial charge in [-0.25, -0.2) is 43.9 Å². The SMILES string of the molecule is COC(=O)N[C@H](C(=O)N1C2CCC(C2)[C@H]1c1ncc(-c2ccc3c(c2)CCc2cc(-c4cnc([C@@H]5CCCN5C(=O)[C@@H](NC(=O)OC)C5CCOCC5)[nH]4)ccc2-3)[nH]1)C(C)C.COC(=O)N[C@H](C(=O)N1C2CCC(C2)[C@H]1c1ncc(-c2ccc3c(c2)CCc2cc(-c4cnc([C@@H]5CCCN5C)[nH]4)ccc2-3)[nH]1)C(C)C.COC(=O)N[C@H](C(=O)O)C1CCOCC1. The second-order valence-electron chi connectivity index (χ2n) is 35.6. The highest BCUT2D eigenvalue weighted by Gasteiger charge is 2.54. The Morgan fingerprint density at radius 2 is 0.774 bits per heavy atom. The van der Waals surface area contributed by atoms with Gasteiger partial charge in [-0.05, 0) is 256 Å². The summed E-state index contributed by atoms with van der Waals surface area (Å²) < 4.78 is 29.6. The number of methoxy groups -OCH3 is 4. The molecule has 6 saturated heterocycles. The first-order chi connectivity index (χ1) is 60.0. The van der Waals surface area contributed by atoms with Crippen LogP contribution in [0.5, 0.6) is 0 Å². The molecule has 8 fully saturated rings. The Bertz CT molecular complexity index is 5230. The van der Waals surface area contributed by atoms with Crippen LogP contribution in [0.4, 0.5) is 19.2 Å².